The summed E-state index contributed by atoms with van der Waals surface area (Å²) >= 11 is 5.99. The topological polar surface area (TPSA) is 17.8 Å². The predicted octanol–water partition coefficient (Wildman–Crippen LogP) is 4.04. The second-order valence-corrected chi connectivity index (χ2v) is 5.39. The average Bonchev–Trinajstić information content (AvgIpc) is 2.73. The van der Waals surface area contributed by atoms with E-state index in [0.29, 0.717) is 5.88 Å². The zero-order chi connectivity index (χ0) is 12.5. The molecule has 0 saturated heterocycles. The Labute approximate surface area is 107 Å². The molecule has 90 valence electrons. The summed E-state index contributed by atoms with van der Waals surface area (Å²) in [6.07, 6.45) is 2.04. The smallest absolute Gasteiger partial charge is 0.0967 e. The number of aromatic nitrogens is 2. The van der Waals surface area contributed by atoms with Gasteiger partial charge in [-0.25, -0.2) is 0 Å². The Hall–Kier alpha value is -1.28. The number of nitrogens with zero attached hydrogens (tertiary/aromatic N) is 2. The molecule has 3 heteroatoms. The van der Waals surface area contributed by atoms with Gasteiger partial charge in [0.25, 0.3) is 0 Å². The lowest BCUT2D eigenvalue weighted by atomic mass is 10.1. The largest absolute Gasteiger partial charge is 0.267 e. The van der Waals surface area contributed by atoms with Crippen LogP contribution in [0.1, 0.15) is 26.3 Å². The maximum atomic E-state index is 5.99. The van der Waals surface area contributed by atoms with Crippen molar-refractivity contribution in [1.29, 1.82) is 0 Å². The first kappa shape index (κ1) is 12.2. The van der Waals surface area contributed by atoms with Crippen LogP contribution in [0.4, 0.5) is 0 Å². The van der Waals surface area contributed by atoms with Crippen molar-refractivity contribution in [3.63, 3.8) is 0 Å². The standard InChI is InChI=1S/C14H17ClN2/c1-14(2,3)17-10-12(9-15)13(16-17)11-7-5-4-6-8-11/h4-8,10H,9H2,1-3H3. The first-order chi connectivity index (χ1) is 8.02. The Balaban J connectivity index is 2.51. The van der Waals surface area contributed by atoms with E-state index in [1.807, 2.05) is 29.1 Å². The first-order valence-electron chi connectivity index (χ1n) is 5.73. The van der Waals surface area contributed by atoms with Crippen LogP contribution < -0.4 is 0 Å². The normalized spacial score (nSPS) is 11.8. The third-order valence-corrected chi connectivity index (χ3v) is 2.96. The number of benzene rings is 1. The Morgan fingerprint density at radius 1 is 1.18 bits per heavy atom. The molecule has 0 fully saturated rings. The van der Waals surface area contributed by atoms with Crippen LogP contribution in [0.5, 0.6) is 0 Å². The molecule has 1 aromatic carbocycles. The zero-order valence-electron chi connectivity index (χ0n) is 10.4. The molecule has 2 aromatic rings. The van der Waals surface area contributed by atoms with Crippen molar-refractivity contribution in [3.05, 3.63) is 42.1 Å². The predicted molar refractivity (Wildman–Crippen MR) is 72.2 cm³/mol. The highest BCUT2D eigenvalue weighted by Gasteiger charge is 2.18. The minimum absolute atomic E-state index is 0.0200. The van der Waals surface area contributed by atoms with Gasteiger partial charge >= 0.3 is 0 Å². The van der Waals surface area contributed by atoms with Crippen LogP contribution in [0.3, 0.4) is 0 Å². The van der Waals surface area contributed by atoms with E-state index < -0.39 is 0 Å². The van der Waals surface area contributed by atoms with Gasteiger partial charge in [-0.2, -0.15) is 5.10 Å². The SMILES string of the molecule is CC(C)(C)n1cc(CCl)c(-c2ccccc2)n1. The highest BCUT2D eigenvalue weighted by atomic mass is 35.5. The summed E-state index contributed by atoms with van der Waals surface area (Å²) < 4.78 is 1.98. The molecule has 0 N–H and O–H groups in total. The highest BCUT2D eigenvalue weighted by molar-refractivity contribution is 6.17. The Bertz CT molecular complexity index is 495. The molecule has 0 bridgehead atoms. The van der Waals surface area contributed by atoms with Gasteiger partial charge in [0, 0.05) is 17.3 Å². The third kappa shape index (κ3) is 2.52. The lowest BCUT2D eigenvalue weighted by Crippen LogP contribution is -2.22. The third-order valence-electron chi connectivity index (χ3n) is 2.67. The van der Waals surface area contributed by atoms with Gasteiger partial charge in [-0.05, 0) is 20.8 Å². The molecule has 0 radical (unpaired) electrons. The summed E-state index contributed by atoms with van der Waals surface area (Å²) in [6.45, 7) is 6.40. The van der Waals surface area contributed by atoms with E-state index in [2.05, 4.69) is 38.0 Å². The van der Waals surface area contributed by atoms with Crippen LogP contribution in [-0.4, -0.2) is 9.78 Å². The van der Waals surface area contributed by atoms with E-state index in [0.717, 1.165) is 16.8 Å². The number of hydrogen-bond donors (Lipinski definition) is 0. The monoisotopic (exact) mass is 248 g/mol. The van der Waals surface area contributed by atoms with Crippen LogP contribution in [0.2, 0.25) is 0 Å². The van der Waals surface area contributed by atoms with Crippen LogP contribution in [0.25, 0.3) is 11.3 Å². The van der Waals surface area contributed by atoms with Gasteiger partial charge in [-0.3, -0.25) is 4.68 Å². The second kappa shape index (κ2) is 4.53. The number of alkyl halides is 1. The number of rotatable bonds is 2. The summed E-state index contributed by atoms with van der Waals surface area (Å²) in [5, 5.41) is 4.65. The van der Waals surface area contributed by atoms with Gasteiger partial charge in [0.15, 0.2) is 0 Å². The molecular formula is C14H17ClN2. The van der Waals surface area contributed by atoms with Gasteiger partial charge < -0.3 is 0 Å². The molecule has 0 aliphatic carbocycles. The van der Waals surface area contributed by atoms with Crippen molar-refractivity contribution < 1.29 is 0 Å². The van der Waals surface area contributed by atoms with E-state index in [4.69, 9.17) is 11.6 Å². The molecule has 0 aliphatic heterocycles. The fourth-order valence-corrected chi connectivity index (χ4v) is 1.89. The van der Waals surface area contributed by atoms with Crippen LogP contribution in [-0.2, 0) is 11.4 Å². The summed E-state index contributed by atoms with van der Waals surface area (Å²) in [4.78, 5) is 0. The molecule has 0 amide bonds. The summed E-state index contributed by atoms with van der Waals surface area (Å²) in [6, 6.07) is 10.2. The van der Waals surface area contributed by atoms with Crippen LogP contribution in [0, 0.1) is 0 Å². The molecule has 0 atom stereocenters. The lowest BCUT2D eigenvalue weighted by molar-refractivity contribution is 0.356. The molecule has 0 saturated carbocycles. The fourth-order valence-electron chi connectivity index (χ4n) is 1.69. The Morgan fingerprint density at radius 3 is 2.35 bits per heavy atom. The molecule has 1 aromatic heterocycles. The lowest BCUT2D eigenvalue weighted by Gasteiger charge is -2.18. The van der Waals surface area contributed by atoms with Crippen molar-refractivity contribution in [1.82, 2.24) is 9.78 Å². The average molecular weight is 249 g/mol. The van der Waals surface area contributed by atoms with Crippen molar-refractivity contribution in [3.8, 4) is 11.3 Å². The molecular weight excluding hydrogens is 232 g/mol. The van der Waals surface area contributed by atoms with E-state index in [1.54, 1.807) is 0 Å². The minimum atomic E-state index is -0.0200. The quantitative estimate of drug-likeness (QED) is 0.734. The number of hydrogen-bond acceptors (Lipinski definition) is 1. The second-order valence-electron chi connectivity index (χ2n) is 5.12. The van der Waals surface area contributed by atoms with Gasteiger partial charge in [-0.15, -0.1) is 11.6 Å². The molecule has 0 unspecified atom stereocenters. The fraction of sp³-hybridized carbons (Fsp3) is 0.357. The highest BCUT2D eigenvalue weighted by Crippen LogP contribution is 2.26. The van der Waals surface area contributed by atoms with Gasteiger partial charge in [0.1, 0.15) is 0 Å². The van der Waals surface area contributed by atoms with Crippen molar-refractivity contribution in [2.24, 2.45) is 0 Å². The Kier molecular flexibility index (Phi) is 3.25. The van der Waals surface area contributed by atoms with Gasteiger partial charge in [0.05, 0.1) is 17.1 Å². The summed E-state index contributed by atoms with van der Waals surface area (Å²) in [7, 11) is 0. The van der Waals surface area contributed by atoms with Crippen LogP contribution >= 0.6 is 11.6 Å². The zero-order valence-corrected chi connectivity index (χ0v) is 11.2. The van der Waals surface area contributed by atoms with Crippen molar-refractivity contribution in [2.45, 2.75) is 32.2 Å². The van der Waals surface area contributed by atoms with E-state index >= 15 is 0 Å². The van der Waals surface area contributed by atoms with Crippen molar-refractivity contribution in [2.75, 3.05) is 0 Å². The van der Waals surface area contributed by atoms with Gasteiger partial charge in [-0.1, -0.05) is 30.3 Å². The molecule has 1 heterocycles. The summed E-state index contributed by atoms with van der Waals surface area (Å²) in [5.41, 5.74) is 3.16. The summed E-state index contributed by atoms with van der Waals surface area (Å²) in [5.74, 6) is 0.486. The molecule has 0 aliphatic rings. The van der Waals surface area contributed by atoms with E-state index in [-0.39, 0.29) is 5.54 Å². The maximum absolute atomic E-state index is 5.99. The Morgan fingerprint density at radius 2 is 1.82 bits per heavy atom. The molecule has 2 rings (SSSR count). The molecule has 0 spiro atoms. The van der Waals surface area contributed by atoms with Crippen molar-refractivity contribution >= 4 is 11.6 Å². The number of halogens is 1. The van der Waals surface area contributed by atoms with Gasteiger partial charge in [0.2, 0.25) is 0 Å². The van der Waals surface area contributed by atoms with E-state index in [9.17, 15) is 0 Å². The molecule has 2 nitrogen and oxygen atoms in total. The van der Waals surface area contributed by atoms with Crippen LogP contribution in [0.15, 0.2) is 36.5 Å². The minimum Gasteiger partial charge on any atom is -0.267 e. The van der Waals surface area contributed by atoms with E-state index in [1.165, 1.54) is 0 Å². The maximum Gasteiger partial charge on any atom is 0.0967 e. The first-order valence-corrected chi connectivity index (χ1v) is 6.26. The molecule has 17 heavy (non-hydrogen) atoms.